The molecule has 1 saturated heterocycles. The van der Waals surface area contributed by atoms with Crippen LogP contribution in [0.25, 0.3) is 10.9 Å². The summed E-state index contributed by atoms with van der Waals surface area (Å²) in [6.45, 7) is 4.77. The average molecular weight is 579 g/mol. The lowest BCUT2D eigenvalue weighted by atomic mass is 10.1. The lowest BCUT2D eigenvalue weighted by Crippen LogP contribution is -2.51. The third-order valence-corrected chi connectivity index (χ3v) is 7.91. The smallest absolute Gasteiger partial charge is 0.331 e. The van der Waals surface area contributed by atoms with Gasteiger partial charge in [-0.2, -0.15) is 5.26 Å². The van der Waals surface area contributed by atoms with Gasteiger partial charge in [-0.25, -0.2) is 9.59 Å². The van der Waals surface area contributed by atoms with E-state index in [0.29, 0.717) is 40.3 Å². The number of rotatable bonds is 7. The van der Waals surface area contributed by atoms with E-state index in [2.05, 4.69) is 10.6 Å². The van der Waals surface area contributed by atoms with Crippen LogP contribution in [-0.2, 0) is 16.1 Å². The summed E-state index contributed by atoms with van der Waals surface area (Å²) < 4.78 is 8.59. The van der Waals surface area contributed by atoms with Crippen molar-refractivity contribution >= 4 is 45.8 Å². The largest absolute Gasteiger partial charge is 0.365 e. The summed E-state index contributed by atoms with van der Waals surface area (Å²) in [6.07, 6.45) is 1.81. The number of ether oxygens (including phenoxy) is 1. The summed E-state index contributed by atoms with van der Waals surface area (Å²) >= 11 is 6.06. The Hall–Kier alpha value is -4.14. The maximum absolute atomic E-state index is 13.4. The number of morpholine rings is 1. The van der Waals surface area contributed by atoms with E-state index in [9.17, 15) is 19.2 Å². The van der Waals surface area contributed by atoms with Crippen LogP contribution in [0, 0.1) is 17.2 Å². The number of hydrogen-bond acceptors (Lipinski definition) is 6. The maximum atomic E-state index is 13.4. The number of carbonyl (C=O) groups is 2. The molecule has 214 valence electrons. The van der Waals surface area contributed by atoms with Gasteiger partial charge in [-0.05, 0) is 68.5 Å². The predicted molar refractivity (Wildman–Crippen MR) is 155 cm³/mol. The SMILES string of the molecule is CCC(C)n1c(=O)n(CC2CC2)c(=O)c2cc(NC(=O)N3CCOC(C(=O)Nc4ccc(C#N)c(Cl)c4)C3)ccc21. The Kier molecular flexibility index (Phi) is 8.15. The molecule has 2 fully saturated rings. The second-order valence-electron chi connectivity index (χ2n) is 10.5. The number of urea groups is 1. The number of amides is 3. The first-order chi connectivity index (χ1) is 19.7. The predicted octanol–water partition coefficient (Wildman–Crippen LogP) is 3.94. The zero-order chi connectivity index (χ0) is 29.3. The van der Waals surface area contributed by atoms with Crippen molar-refractivity contribution in [1.29, 1.82) is 5.26 Å². The first-order valence-corrected chi connectivity index (χ1v) is 14.0. The Morgan fingerprint density at radius 2 is 1.88 bits per heavy atom. The second kappa shape index (κ2) is 11.8. The lowest BCUT2D eigenvalue weighted by molar-refractivity contribution is -0.131. The molecule has 1 aromatic heterocycles. The highest BCUT2D eigenvalue weighted by Gasteiger charge is 2.30. The van der Waals surface area contributed by atoms with Crippen LogP contribution in [0.5, 0.6) is 0 Å². The second-order valence-corrected chi connectivity index (χ2v) is 10.9. The van der Waals surface area contributed by atoms with Crippen LogP contribution in [0.2, 0.25) is 5.02 Å². The van der Waals surface area contributed by atoms with E-state index in [-0.39, 0.29) is 42.0 Å². The van der Waals surface area contributed by atoms with Gasteiger partial charge in [0.25, 0.3) is 11.5 Å². The Balaban J connectivity index is 1.33. The van der Waals surface area contributed by atoms with Gasteiger partial charge < -0.3 is 20.3 Å². The van der Waals surface area contributed by atoms with Gasteiger partial charge in [0.05, 0.1) is 34.6 Å². The highest BCUT2D eigenvalue weighted by molar-refractivity contribution is 6.32. The quantitative estimate of drug-likeness (QED) is 0.435. The Morgan fingerprint density at radius 3 is 2.56 bits per heavy atom. The van der Waals surface area contributed by atoms with Gasteiger partial charge in [0, 0.05) is 30.5 Å². The first-order valence-electron chi connectivity index (χ1n) is 13.7. The number of anilines is 2. The molecule has 3 aromatic rings. The Labute approximate surface area is 241 Å². The molecule has 2 aromatic carbocycles. The Morgan fingerprint density at radius 1 is 1.15 bits per heavy atom. The van der Waals surface area contributed by atoms with E-state index in [1.807, 2.05) is 19.9 Å². The summed E-state index contributed by atoms with van der Waals surface area (Å²) in [5.74, 6) is -0.111. The van der Waals surface area contributed by atoms with Crippen LogP contribution in [0.3, 0.4) is 0 Å². The van der Waals surface area contributed by atoms with Gasteiger partial charge >= 0.3 is 11.7 Å². The molecule has 0 spiro atoms. The molecule has 2 N–H and O–H groups in total. The lowest BCUT2D eigenvalue weighted by Gasteiger charge is -2.32. The molecule has 12 heteroatoms. The van der Waals surface area contributed by atoms with Crippen LogP contribution in [-0.4, -0.2) is 51.8 Å². The average Bonchev–Trinajstić information content (AvgIpc) is 3.80. The molecule has 0 radical (unpaired) electrons. The number of nitrogens with zero attached hydrogens (tertiary/aromatic N) is 4. The fraction of sp³-hybridized carbons (Fsp3) is 0.414. The third-order valence-electron chi connectivity index (χ3n) is 7.59. The fourth-order valence-corrected chi connectivity index (χ4v) is 5.11. The van der Waals surface area contributed by atoms with Gasteiger partial charge in [0.2, 0.25) is 0 Å². The van der Waals surface area contributed by atoms with Crippen molar-refractivity contribution in [2.75, 3.05) is 30.3 Å². The summed E-state index contributed by atoms with van der Waals surface area (Å²) in [4.78, 5) is 54.1. The number of carbonyl (C=O) groups excluding carboxylic acids is 2. The molecule has 5 rings (SSSR count). The van der Waals surface area contributed by atoms with E-state index in [0.717, 1.165) is 19.3 Å². The molecular formula is C29H31ClN6O5. The molecule has 3 amide bonds. The van der Waals surface area contributed by atoms with Crippen molar-refractivity contribution in [3.05, 3.63) is 67.8 Å². The number of fused-ring (bicyclic) bond motifs is 1. The van der Waals surface area contributed by atoms with Crippen LogP contribution in [0.15, 0.2) is 46.0 Å². The molecule has 2 heterocycles. The monoisotopic (exact) mass is 578 g/mol. The van der Waals surface area contributed by atoms with E-state index in [1.54, 1.807) is 28.8 Å². The minimum atomic E-state index is -0.917. The molecular weight excluding hydrogens is 548 g/mol. The number of nitrogens with one attached hydrogen (secondary N) is 2. The molecule has 41 heavy (non-hydrogen) atoms. The molecule has 1 aliphatic carbocycles. The summed E-state index contributed by atoms with van der Waals surface area (Å²) in [5, 5.41) is 15.1. The van der Waals surface area contributed by atoms with Crippen molar-refractivity contribution < 1.29 is 14.3 Å². The van der Waals surface area contributed by atoms with Gasteiger partial charge in [0.1, 0.15) is 6.07 Å². The van der Waals surface area contributed by atoms with Crippen molar-refractivity contribution in [3.8, 4) is 6.07 Å². The van der Waals surface area contributed by atoms with E-state index in [4.69, 9.17) is 21.6 Å². The maximum Gasteiger partial charge on any atom is 0.331 e. The normalized spacial score (nSPS) is 17.6. The van der Waals surface area contributed by atoms with Crippen LogP contribution >= 0.6 is 11.6 Å². The van der Waals surface area contributed by atoms with Crippen LogP contribution in [0.1, 0.15) is 44.7 Å². The molecule has 2 atom stereocenters. The number of nitriles is 1. The van der Waals surface area contributed by atoms with Gasteiger partial charge in [-0.3, -0.25) is 18.7 Å². The standard InChI is InChI=1S/C29H31ClN6O5/c1-3-17(2)36-24-9-8-20(12-22(24)27(38)35(29(36)40)15-18-4-5-18)33-28(39)34-10-11-41-25(16-34)26(37)32-21-7-6-19(14-31)23(30)13-21/h6-9,12-13,17-18,25H,3-5,10-11,15-16H2,1-2H3,(H,32,37)(H,33,39). The van der Waals surface area contributed by atoms with Gasteiger partial charge in [0.15, 0.2) is 6.10 Å². The minimum absolute atomic E-state index is 0.0109. The highest BCUT2D eigenvalue weighted by Crippen LogP contribution is 2.30. The molecule has 2 unspecified atom stereocenters. The number of aromatic nitrogens is 2. The summed E-state index contributed by atoms with van der Waals surface area (Å²) in [7, 11) is 0. The molecule has 1 aliphatic heterocycles. The van der Waals surface area contributed by atoms with Gasteiger partial charge in [-0.1, -0.05) is 18.5 Å². The fourth-order valence-electron chi connectivity index (χ4n) is 4.89. The zero-order valence-electron chi connectivity index (χ0n) is 22.9. The van der Waals surface area contributed by atoms with Crippen molar-refractivity contribution in [3.63, 3.8) is 0 Å². The molecule has 1 saturated carbocycles. The van der Waals surface area contributed by atoms with E-state index < -0.39 is 18.0 Å². The van der Waals surface area contributed by atoms with E-state index in [1.165, 1.54) is 21.6 Å². The van der Waals surface area contributed by atoms with Crippen molar-refractivity contribution in [1.82, 2.24) is 14.0 Å². The topological polar surface area (TPSA) is 138 Å². The minimum Gasteiger partial charge on any atom is -0.365 e. The van der Waals surface area contributed by atoms with E-state index >= 15 is 0 Å². The Bertz CT molecular complexity index is 1670. The van der Waals surface area contributed by atoms with Gasteiger partial charge in [-0.15, -0.1) is 0 Å². The first kappa shape index (κ1) is 28.4. The van der Waals surface area contributed by atoms with Crippen molar-refractivity contribution in [2.45, 2.75) is 51.8 Å². The van der Waals surface area contributed by atoms with Crippen molar-refractivity contribution in [2.24, 2.45) is 5.92 Å². The number of halogens is 1. The zero-order valence-corrected chi connectivity index (χ0v) is 23.6. The van der Waals surface area contributed by atoms with Crippen LogP contribution in [0.4, 0.5) is 16.2 Å². The summed E-state index contributed by atoms with van der Waals surface area (Å²) in [5.41, 5.74) is 0.973. The highest BCUT2D eigenvalue weighted by atomic mass is 35.5. The third kappa shape index (κ3) is 5.99. The molecule has 0 bridgehead atoms. The summed E-state index contributed by atoms with van der Waals surface area (Å²) in [6, 6.07) is 10.9. The van der Waals surface area contributed by atoms with Crippen LogP contribution < -0.4 is 21.9 Å². The molecule has 2 aliphatic rings. The number of benzene rings is 2. The number of hydrogen-bond donors (Lipinski definition) is 2. The molecule has 11 nitrogen and oxygen atoms in total.